The van der Waals surface area contributed by atoms with E-state index in [0.717, 1.165) is 44.3 Å². The molecular formula is C16H21N3O2S. The number of likely N-dealkylation sites (tertiary alicyclic amines) is 1. The minimum absolute atomic E-state index is 0.320. The van der Waals surface area contributed by atoms with Gasteiger partial charge >= 0.3 is 0 Å². The summed E-state index contributed by atoms with van der Waals surface area (Å²) >= 11 is 1.73. The summed E-state index contributed by atoms with van der Waals surface area (Å²) in [6, 6.07) is 2.52. The van der Waals surface area contributed by atoms with Gasteiger partial charge in [-0.25, -0.2) is 4.98 Å². The SMILES string of the molecule is Cc1nc(CN2CCO[C@@H]3CN(Cc4ccoc4)C[C@@H]32)cs1. The molecule has 2 aromatic heterocycles. The van der Waals surface area contributed by atoms with Crippen molar-refractivity contribution in [1.29, 1.82) is 0 Å². The molecule has 5 nitrogen and oxygen atoms in total. The first kappa shape index (κ1) is 14.4. The highest BCUT2D eigenvalue weighted by Crippen LogP contribution is 2.26. The summed E-state index contributed by atoms with van der Waals surface area (Å²) in [6.45, 7) is 7.83. The maximum absolute atomic E-state index is 6.00. The lowest BCUT2D eigenvalue weighted by Gasteiger charge is -2.36. The van der Waals surface area contributed by atoms with E-state index in [1.54, 1.807) is 17.6 Å². The Hall–Kier alpha value is -1.21. The van der Waals surface area contributed by atoms with Gasteiger partial charge in [-0.3, -0.25) is 9.80 Å². The second-order valence-electron chi connectivity index (χ2n) is 6.13. The zero-order chi connectivity index (χ0) is 14.9. The summed E-state index contributed by atoms with van der Waals surface area (Å²) in [5, 5.41) is 3.32. The highest BCUT2D eigenvalue weighted by Gasteiger charge is 2.40. The van der Waals surface area contributed by atoms with E-state index in [1.807, 2.05) is 12.3 Å². The van der Waals surface area contributed by atoms with Gasteiger partial charge < -0.3 is 9.15 Å². The predicted octanol–water partition coefficient (Wildman–Crippen LogP) is 2.13. The van der Waals surface area contributed by atoms with E-state index in [-0.39, 0.29) is 0 Å². The van der Waals surface area contributed by atoms with Gasteiger partial charge in [0.1, 0.15) is 0 Å². The quantitative estimate of drug-likeness (QED) is 0.863. The Morgan fingerprint density at radius 2 is 2.32 bits per heavy atom. The third-order valence-electron chi connectivity index (χ3n) is 4.51. The fourth-order valence-corrected chi connectivity index (χ4v) is 4.09. The van der Waals surface area contributed by atoms with Crippen molar-refractivity contribution in [3.05, 3.63) is 40.2 Å². The molecule has 0 unspecified atom stereocenters. The van der Waals surface area contributed by atoms with Gasteiger partial charge in [-0.15, -0.1) is 11.3 Å². The molecule has 4 rings (SSSR count). The number of morpholine rings is 1. The molecule has 0 saturated carbocycles. The Kier molecular flexibility index (Phi) is 4.00. The van der Waals surface area contributed by atoms with Crippen LogP contribution in [0.5, 0.6) is 0 Å². The fraction of sp³-hybridized carbons (Fsp3) is 0.562. The first-order valence-corrected chi connectivity index (χ1v) is 8.66. The van der Waals surface area contributed by atoms with Crippen LogP contribution in [0.2, 0.25) is 0 Å². The number of aromatic nitrogens is 1. The average molecular weight is 319 g/mol. The molecule has 118 valence electrons. The van der Waals surface area contributed by atoms with Crippen molar-refractivity contribution in [1.82, 2.24) is 14.8 Å². The summed E-state index contributed by atoms with van der Waals surface area (Å²) < 4.78 is 11.2. The first-order chi connectivity index (χ1) is 10.8. The molecule has 2 fully saturated rings. The molecule has 0 N–H and O–H groups in total. The van der Waals surface area contributed by atoms with Crippen molar-refractivity contribution in [2.24, 2.45) is 0 Å². The van der Waals surface area contributed by atoms with Gasteiger partial charge in [0.15, 0.2) is 0 Å². The van der Waals surface area contributed by atoms with Crippen LogP contribution < -0.4 is 0 Å². The van der Waals surface area contributed by atoms with Crippen LogP contribution in [0.15, 0.2) is 28.4 Å². The second-order valence-corrected chi connectivity index (χ2v) is 7.19. The van der Waals surface area contributed by atoms with Crippen molar-refractivity contribution in [2.75, 3.05) is 26.2 Å². The number of hydrogen-bond donors (Lipinski definition) is 0. The third-order valence-corrected chi connectivity index (χ3v) is 5.33. The van der Waals surface area contributed by atoms with Gasteiger partial charge in [0.25, 0.3) is 0 Å². The molecule has 2 aliphatic heterocycles. The van der Waals surface area contributed by atoms with Gasteiger partial charge in [-0.05, 0) is 13.0 Å². The molecule has 0 spiro atoms. The van der Waals surface area contributed by atoms with E-state index in [2.05, 4.69) is 27.1 Å². The standard InChI is InChI=1S/C16H21N3O2S/c1-12-17-14(11-22-12)7-19-3-5-21-16-9-18(8-15(16)19)6-13-2-4-20-10-13/h2,4,10-11,15-16H,3,5-9H2,1H3/t15-,16+/m0/s1. The topological polar surface area (TPSA) is 41.7 Å². The number of thiazole rings is 1. The molecular weight excluding hydrogens is 298 g/mol. The van der Waals surface area contributed by atoms with Crippen molar-refractivity contribution < 1.29 is 9.15 Å². The largest absolute Gasteiger partial charge is 0.472 e. The van der Waals surface area contributed by atoms with Crippen molar-refractivity contribution in [3.8, 4) is 0 Å². The summed E-state index contributed by atoms with van der Waals surface area (Å²) in [4.78, 5) is 9.61. The molecule has 0 amide bonds. The smallest absolute Gasteiger partial charge is 0.0947 e. The fourth-order valence-electron chi connectivity index (χ4n) is 3.49. The van der Waals surface area contributed by atoms with Crippen LogP contribution in [-0.2, 0) is 17.8 Å². The Bertz CT molecular complexity index is 613. The van der Waals surface area contributed by atoms with E-state index in [0.29, 0.717) is 12.1 Å². The minimum atomic E-state index is 0.320. The van der Waals surface area contributed by atoms with Crippen LogP contribution in [-0.4, -0.2) is 53.2 Å². The van der Waals surface area contributed by atoms with Gasteiger partial charge in [-0.2, -0.15) is 0 Å². The summed E-state index contributed by atoms with van der Waals surface area (Å²) in [5.74, 6) is 0. The van der Waals surface area contributed by atoms with Crippen LogP contribution >= 0.6 is 11.3 Å². The van der Waals surface area contributed by atoms with Gasteiger partial charge in [0, 0.05) is 43.7 Å². The van der Waals surface area contributed by atoms with E-state index >= 15 is 0 Å². The van der Waals surface area contributed by atoms with E-state index in [1.165, 1.54) is 11.3 Å². The normalized spacial score (nSPS) is 26.4. The van der Waals surface area contributed by atoms with E-state index in [4.69, 9.17) is 9.15 Å². The second kappa shape index (κ2) is 6.12. The van der Waals surface area contributed by atoms with Crippen LogP contribution in [0.4, 0.5) is 0 Å². The van der Waals surface area contributed by atoms with Gasteiger partial charge in [0.2, 0.25) is 0 Å². The summed E-state index contributed by atoms with van der Waals surface area (Å²) in [5.41, 5.74) is 2.43. The van der Waals surface area contributed by atoms with E-state index < -0.39 is 0 Å². The summed E-state index contributed by atoms with van der Waals surface area (Å²) in [6.07, 6.45) is 3.89. The molecule has 22 heavy (non-hydrogen) atoms. The zero-order valence-electron chi connectivity index (χ0n) is 12.8. The Labute approximate surface area is 134 Å². The predicted molar refractivity (Wildman–Crippen MR) is 84.8 cm³/mol. The maximum atomic E-state index is 6.00. The monoisotopic (exact) mass is 319 g/mol. The number of hydrogen-bond acceptors (Lipinski definition) is 6. The lowest BCUT2D eigenvalue weighted by Crippen LogP contribution is -2.50. The minimum Gasteiger partial charge on any atom is -0.472 e. The van der Waals surface area contributed by atoms with Crippen LogP contribution in [0.3, 0.4) is 0 Å². The molecule has 6 heteroatoms. The number of fused-ring (bicyclic) bond motifs is 1. The van der Waals surface area contributed by atoms with Crippen molar-refractivity contribution in [3.63, 3.8) is 0 Å². The highest BCUT2D eigenvalue weighted by atomic mass is 32.1. The van der Waals surface area contributed by atoms with Crippen LogP contribution in [0.1, 0.15) is 16.3 Å². The van der Waals surface area contributed by atoms with Gasteiger partial charge in [0.05, 0.1) is 42.0 Å². The first-order valence-electron chi connectivity index (χ1n) is 7.78. The number of aryl methyl sites for hydroxylation is 1. The number of furan rings is 1. The number of nitrogens with zero attached hydrogens (tertiary/aromatic N) is 3. The zero-order valence-corrected chi connectivity index (χ0v) is 13.6. The maximum Gasteiger partial charge on any atom is 0.0947 e. The Balaban J connectivity index is 1.42. The van der Waals surface area contributed by atoms with Crippen molar-refractivity contribution in [2.45, 2.75) is 32.2 Å². The lowest BCUT2D eigenvalue weighted by atomic mass is 10.1. The molecule has 2 aromatic rings. The molecule has 0 aromatic carbocycles. The molecule has 0 radical (unpaired) electrons. The molecule has 4 heterocycles. The molecule has 0 aliphatic carbocycles. The number of rotatable bonds is 4. The lowest BCUT2D eigenvalue weighted by molar-refractivity contribution is -0.0507. The van der Waals surface area contributed by atoms with Gasteiger partial charge in [-0.1, -0.05) is 0 Å². The summed E-state index contributed by atoms with van der Waals surface area (Å²) in [7, 11) is 0. The third kappa shape index (κ3) is 2.96. The average Bonchev–Trinajstić information content (AvgIpc) is 3.21. The van der Waals surface area contributed by atoms with Crippen LogP contribution in [0, 0.1) is 6.92 Å². The van der Waals surface area contributed by atoms with Crippen molar-refractivity contribution >= 4 is 11.3 Å². The van der Waals surface area contributed by atoms with Crippen LogP contribution in [0.25, 0.3) is 0 Å². The molecule has 2 atom stereocenters. The molecule has 2 saturated heterocycles. The molecule has 2 aliphatic rings. The molecule has 0 bridgehead atoms. The highest BCUT2D eigenvalue weighted by molar-refractivity contribution is 7.09. The Morgan fingerprint density at radius 3 is 3.09 bits per heavy atom. The van der Waals surface area contributed by atoms with E-state index in [9.17, 15) is 0 Å². The number of ether oxygens (including phenoxy) is 1. The Morgan fingerprint density at radius 1 is 1.36 bits per heavy atom.